The largest absolute Gasteiger partial charge is 0.353 e. The Labute approximate surface area is 173 Å². The zero-order chi connectivity index (χ0) is 19.7. The molecule has 4 heteroatoms. The van der Waals surface area contributed by atoms with E-state index in [9.17, 15) is 4.79 Å². The molecule has 1 saturated heterocycles. The third-order valence-electron chi connectivity index (χ3n) is 7.44. The summed E-state index contributed by atoms with van der Waals surface area (Å²) in [6, 6.07) is 15.5. The Hall–Kier alpha value is -2.20. The highest BCUT2D eigenvalue weighted by molar-refractivity contribution is 5.77. The van der Waals surface area contributed by atoms with E-state index in [4.69, 9.17) is 0 Å². The molecular weight excluding hydrogens is 358 g/mol. The third kappa shape index (κ3) is 3.83. The molecule has 2 fully saturated rings. The maximum absolute atomic E-state index is 12.6. The summed E-state index contributed by atoms with van der Waals surface area (Å²) < 4.78 is 0. The molecule has 1 aromatic carbocycles. The van der Waals surface area contributed by atoms with Crippen LogP contribution in [0.3, 0.4) is 0 Å². The molecule has 2 aromatic rings. The van der Waals surface area contributed by atoms with Gasteiger partial charge in [0.05, 0.1) is 5.69 Å². The fraction of sp³-hybridized carbons (Fsp3) is 0.520. The van der Waals surface area contributed by atoms with E-state index in [-0.39, 0.29) is 11.3 Å². The second-order valence-corrected chi connectivity index (χ2v) is 9.27. The van der Waals surface area contributed by atoms with E-state index in [0.717, 1.165) is 44.6 Å². The summed E-state index contributed by atoms with van der Waals surface area (Å²) in [5.74, 6) is 0.618. The van der Waals surface area contributed by atoms with Gasteiger partial charge in [-0.05, 0) is 86.2 Å². The van der Waals surface area contributed by atoms with Crippen LogP contribution in [0.15, 0.2) is 48.7 Å². The quantitative estimate of drug-likeness (QED) is 0.835. The van der Waals surface area contributed by atoms with Gasteiger partial charge in [-0.25, -0.2) is 0 Å². The minimum atomic E-state index is 0.249. The lowest BCUT2D eigenvalue weighted by Crippen LogP contribution is -2.41. The van der Waals surface area contributed by atoms with E-state index in [1.54, 1.807) is 0 Å². The molecule has 2 heterocycles. The molecule has 4 nitrogen and oxygen atoms in total. The van der Waals surface area contributed by atoms with Gasteiger partial charge in [-0.3, -0.25) is 14.7 Å². The van der Waals surface area contributed by atoms with Crippen molar-refractivity contribution >= 4 is 5.91 Å². The van der Waals surface area contributed by atoms with Crippen molar-refractivity contribution in [3.05, 3.63) is 65.5 Å². The van der Waals surface area contributed by atoms with E-state index < -0.39 is 0 Å². The SMILES string of the molecule is O=C(C[C@@H]1CC2(CCN(Cc3ccccn3)CC2)c2ccccc21)NC1CCC1. The van der Waals surface area contributed by atoms with E-state index >= 15 is 0 Å². The van der Waals surface area contributed by atoms with E-state index in [0.29, 0.717) is 18.4 Å². The lowest BCUT2D eigenvalue weighted by molar-refractivity contribution is -0.122. The van der Waals surface area contributed by atoms with Gasteiger partial charge in [0, 0.05) is 25.2 Å². The van der Waals surface area contributed by atoms with Crippen molar-refractivity contribution in [3.63, 3.8) is 0 Å². The fourth-order valence-corrected chi connectivity index (χ4v) is 5.61. The Kier molecular flexibility index (Phi) is 5.13. The number of hydrogen-bond acceptors (Lipinski definition) is 3. The molecule has 1 amide bonds. The van der Waals surface area contributed by atoms with Gasteiger partial charge in [-0.15, -0.1) is 0 Å². The number of carbonyl (C=O) groups is 1. The predicted molar refractivity (Wildman–Crippen MR) is 115 cm³/mol. The topological polar surface area (TPSA) is 45.2 Å². The average Bonchev–Trinajstić information content (AvgIpc) is 3.01. The number of fused-ring (bicyclic) bond motifs is 2. The van der Waals surface area contributed by atoms with E-state index in [1.165, 1.54) is 30.4 Å². The molecule has 1 spiro atoms. The summed E-state index contributed by atoms with van der Waals surface area (Å²) in [5, 5.41) is 3.25. The number of amides is 1. The molecule has 1 N–H and O–H groups in total. The maximum Gasteiger partial charge on any atom is 0.220 e. The van der Waals surface area contributed by atoms with Gasteiger partial charge in [0.25, 0.3) is 0 Å². The van der Waals surface area contributed by atoms with Crippen LogP contribution in [-0.2, 0) is 16.8 Å². The smallest absolute Gasteiger partial charge is 0.220 e. The van der Waals surface area contributed by atoms with Gasteiger partial charge in [-0.1, -0.05) is 30.3 Å². The number of carbonyl (C=O) groups excluding carboxylic acids is 1. The van der Waals surface area contributed by atoms with Crippen LogP contribution in [0.2, 0.25) is 0 Å². The molecule has 1 aromatic heterocycles. The molecule has 1 atom stereocenters. The van der Waals surface area contributed by atoms with Crippen LogP contribution in [-0.4, -0.2) is 34.9 Å². The highest BCUT2D eigenvalue weighted by atomic mass is 16.1. The molecule has 1 aliphatic heterocycles. The van der Waals surface area contributed by atoms with Crippen LogP contribution in [0, 0.1) is 0 Å². The summed E-state index contributed by atoms with van der Waals surface area (Å²) >= 11 is 0. The lowest BCUT2D eigenvalue weighted by Gasteiger charge is -2.40. The van der Waals surface area contributed by atoms with Crippen molar-refractivity contribution in [2.24, 2.45) is 0 Å². The number of rotatable bonds is 5. The Bertz CT molecular complexity index is 853. The van der Waals surface area contributed by atoms with Crippen molar-refractivity contribution in [3.8, 4) is 0 Å². The number of pyridine rings is 1. The molecule has 0 bridgehead atoms. The van der Waals surface area contributed by atoms with Gasteiger partial charge in [0.1, 0.15) is 0 Å². The van der Waals surface area contributed by atoms with Gasteiger partial charge in [0.15, 0.2) is 0 Å². The van der Waals surface area contributed by atoms with Crippen molar-refractivity contribution in [1.29, 1.82) is 0 Å². The minimum absolute atomic E-state index is 0.249. The summed E-state index contributed by atoms with van der Waals surface area (Å²) in [5.41, 5.74) is 4.34. The van der Waals surface area contributed by atoms with E-state index in [1.807, 2.05) is 12.3 Å². The van der Waals surface area contributed by atoms with Crippen LogP contribution < -0.4 is 5.32 Å². The molecule has 29 heavy (non-hydrogen) atoms. The number of benzene rings is 1. The molecular formula is C25H31N3O. The number of aromatic nitrogens is 1. The van der Waals surface area contributed by atoms with E-state index in [2.05, 4.69) is 51.6 Å². The van der Waals surface area contributed by atoms with Gasteiger partial charge < -0.3 is 5.32 Å². The normalized spacial score (nSPS) is 23.5. The first-order chi connectivity index (χ1) is 14.2. The average molecular weight is 390 g/mol. The maximum atomic E-state index is 12.6. The van der Waals surface area contributed by atoms with Crippen molar-refractivity contribution in [1.82, 2.24) is 15.2 Å². The highest BCUT2D eigenvalue weighted by Crippen LogP contribution is 2.52. The second-order valence-electron chi connectivity index (χ2n) is 9.27. The lowest BCUT2D eigenvalue weighted by atomic mass is 9.73. The Morgan fingerprint density at radius 1 is 1.10 bits per heavy atom. The molecule has 152 valence electrons. The Morgan fingerprint density at radius 3 is 2.62 bits per heavy atom. The number of nitrogens with zero attached hydrogens (tertiary/aromatic N) is 2. The Morgan fingerprint density at radius 2 is 1.90 bits per heavy atom. The first kappa shape index (κ1) is 18.8. The van der Waals surface area contributed by atoms with Crippen LogP contribution in [0.25, 0.3) is 0 Å². The number of nitrogens with one attached hydrogen (secondary N) is 1. The predicted octanol–water partition coefficient (Wildman–Crippen LogP) is 4.16. The molecule has 5 rings (SSSR count). The molecule has 0 unspecified atom stereocenters. The molecule has 0 radical (unpaired) electrons. The summed E-state index contributed by atoms with van der Waals surface area (Å²) in [6.07, 6.45) is 9.58. The monoisotopic (exact) mass is 389 g/mol. The van der Waals surface area contributed by atoms with Gasteiger partial charge in [-0.2, -0.15) is 0 Å². The second kappa shape index (κ2) is 7.91. The molecule has 2 aliphatic carbocycles. The van der Waals surface area contributed by atoms with Gasteiger partial charge in [0.2, 0.25) is 5.91 Å². The Balaban J connectivity index is 1.26. The van der Waals surface area contributed by atoms with Crippen LogP contribution >= 0.6 is 0 Å². The zero-order valence-corrected chi connectivity index (χ0v) is 17.1. The number of hydrogen-bond donors (Lipinski definition) is 1. The van der Waals surface area contributed by atoms with Crippen molar-refractivity contribution in [2.45, 2.75) is 68.9 Å². The number of likely N-dealkylation sites (tertiary alicyclic amines) is 1. The molecule has 3 aliphatic rings. The summed E-state index contributed by atoms with van der Waals surface area (Å²) in [7, 11) is 0. The third-order valence-corrected chi connectivity index (χ3v) is 7.44. The molecule has 1 saturated carbocycles. The standard InChI is InChI=1S/C25H31N3O/c29-24(27-20-7-5-8-20)16-19-17-25(23-10-2-1-9-22(19)23)11-14-28(15-12-25)18-21-6-3-4-13-26-21/h1-4,6,9-10,13,19-20H,5,7-8,11-12,14-18H2,(H,27,29)/t19-/m1/s1. The summed E-state index contributed by atoms with van der Waals surface area (Å²) in [6.45, 7) is 3.14. The first-order valence-corrected chi connectivity index (χ1v) is 11.2. The minimum Gasteiger partial charge on any atom is -0.353 e. The van der Waals surface area contributed by atoms with Crippen molar-refractivity contribution < 1.29 is 4.79 Å². The highest BCUT2D eigenvalue weighted by Gasteiger charge is 2.45. The first-order valence-electron chi connectivity index (χ1n) is 11.2. The fourth-order valence-electron chi connectivity index (χ4n) is 5.61. The number of piperidine rings is 1. The van der Waals surface area contributed by atoms with Crippen LogP contribution in [0.4, 0.5) is 0 Å². The van der Waals surface area contributed by atoms with Crippen LogP contribution in [0.5, 0.6) is 0 Å². The van der Waals surface area contributed by atoms with Crippen LogP contribution in [0.1, 0.15) is 67.7 Å². The summed E-state index contributed by atoms with van der Waals surface area (Å²) in [4.78, 5) is 19.6. The van der Waals surface area contributed by atoms with Crippen molar-refractivity contribution in [2.75, 3.05) is 13.1 Å². The van der Waals surface area contributed by atoms with Gasteiger partial charge >= 0.3 is 0 Å². The zero-order valence-electron chi connectivity index (χ0n) is 17.1.